The predicted molar refractivity (Wildman–Crippen MR) is 70.2 cm³/mol. The van der Waals surface area contributed by atoms with Crippen LogP contribution in [0, 0.1) is 5.92 Å². The molecule has 1 fully saturated rings. The molecule has 1 unspecified atom stereocenters. The van der Waals surface area contributed by atoms with Crippen LogP contribution < -0.4 is 10.6 Å². The van der Waals surface area contributed by atoms with Gasteiger partial charge in [0.2, 0.25) is 5.91 Å². The number of carbonyl (C=O) groups is 3. The number of amides is 3. The molecule has 0 spiro atoms. The summed E-state index contributed by atoms with van der Waals surface area (Å²) >= 11 is 0. The first-order chi connectivity index (χ1) is 9.52. The quantitative estimate of drug-likeness (QED) is 0.596. The van der Waals surface area contributed by atoms with Crippen molar-refractivity contribution in [2.75, 3.05) is 39.9 Å². The molecule has 1 aliphatic heterocycles. The first kappa shape index (κ1) is 16.2. The molecule has 1 heterocycles. The summed E-state index contributed by atoms with van der Waals surface area (Å²) in [5.74, 6) is -1.32. The van der Waals surface area contributed by atoms with Crippen molar-refractivity contribution in [2.24, 2.45) is 5.92 Å². The van der Waals surface area contributed by atoms with Crippen LogP contribution in [0.3, 0.4) is 0 Å². The van der Waals surface area contributed by atoms with Crippen LogP contribution in [-0.4, -0.2) is 67.8 Å². The molecule has 114 valence electrons. The molecule has 0 aliphatic carbocycles. The number of hydrogen-bond donors (Lipinski definition) is 3. The minimum absolute atomic E-state index is 0.225. The van der Waals surface area contributed by atoms with Crippen LogP contribution in [0.4, 0.5) is 4.79 Å². The molecular formula is C12H21N3O5. The molecule has 0 aromatic heterocycles. The third kappa shape index (κ3) is 5.87. The lowest BCUT2D eigenvalue weighted by molar-refractivity contribution is -0.137. The Kier molecular flexibility index (Phi) is 6.78. The number of carboxylic acids is 1. The zero-order chi connectivity index (χ0) is 15.0. The van der Waals surface area contributed by atoms with E-state index in [1.54, 1.807) is 12.0 Å². The number of carbonyl (C=O) groups excluding carboxylic acids is 2. The van der Waals surface area contributed by atoms with Gasteiger partial charge < -0.3 is 25.4 Å². The van der Waals surface area contributed by atoms with Gasteiger partial charge in [0.1, 0.15) is 6.54 Å². The highest BCUT2D eigenvalue weighted by molar-refractivity contribution is 5.86. The molecule has 3 N–H and O–H groups in total. The predicted octanol–water partition coefficient (Wildman–Crippen LogP) is -0.745. The minimum Gasteiger partial charge on any atom is -0.480 e. The smallest absolute Gasteiger partial charge is 0.322 e. The van der Waals surface area contributed by atoms with E-state index in [1.807, 2.05) is 0 Å². The van der Waals surface area contributed by atoms with Crippen molar-refractivity contribution < 1.29 is 24.2 Å². The van der Waals surface area contributed by atoms with Gasteiger partial charge in [0, 0.05) is 26.1 Å². The lowest BCUT2D eigenvalue weighted by Gasteiger charge is -2.32. The molecular weight excluding hydrogens is 266 g/mol. The molecule has 0 aromatic carbocycles. The number of likely N-dealkylation sites (tertiary alicyclic amines) is 1. The third-order valence-electron chi connectivity index (χ3n) is 3.05. The van der Waals surface area contributed by atoms with Gasteiger partial charge in [0.15, 0.2) is 0 Å². The molecule has 1 rings (SSSR count). The van der Waals surface area contributed by atoms with E-state index in [1.165, 1.54) is 0 Å². The van der Waals surface area contributed by atoms with E-state index in [4.69, 9.17) is 9.84 Å². The van der Waals surface area contributed by atoms with E-state index < -0.39 is 18.4 Å². The first-order valence-electron chi connectivity index (χ1n) is 6.53. The number of nitrogens with zero attached hydrogens (tertiary/aromatic N) is 1. The molecule has 1 saturated heterocycles. The zero-order valence-corrected chi connectivity index (χ0v) is 11.6. The fraction of sp³-hybridized carbons (Fsp3) is 0.750. The number of methoxy groups -OCH3 is 1. The van der Waals surface area contributed by atoms with Gasteiger partial charge in [-0.05, 0) is 12.8 Å². The molecule has 1 atom stereocenters. The summed E-state index contributed by atoms with van der Waals surface area (Å²) < 4.78 is 5.08. The number of hydrogen-bond acceptors (Lipinski definition) is 4. The number of carboxylic acid groups (broad SMARTS) is 1. The van der Waals surface area contributed by atoms with Crippen molar-refractivity contribution in [1.82, 2.24) is 15.5 Å². The van der Waals surface area contributed by atoms with Gasteiger partial charge in [-0.25, -0.2) is 4.79 Å². The average molecular weight is 287 g/mol. The van der Waals surface area contributed by atoms with Gasteiger partial charge in [-0.15, -0.1) is 0 Å². The number of nitrogens with one attached hydrogen (secondary N) is 2. The van der Waals surface area contributed by atoms with E-state index >= 15 is 0 Å². The Morgan fingerprint density at radius 3 is 2.70 bits per heavy atom. The fourth-order valence-corrected chi connectivity index (χ4v) is 2.13. The summed E-state index contributed by atoms with van der Waals surface area (Å²) in [7, 11) is 1.63. The molecule has 1 aliphatic rings. The largest absolute Gasteiger partial charge is 0.480 e. The number of aliphatic carboxylic acids is 1. The van der Waals surface area contributed by atoms with Gasteiger partial charge in [-0.1, -0.05) is 0 Å². The van der Waals surface area contributed by atoms with Gasteiger partial charge in [0.05, 0.1) is 13.2 Å². The van der Waals surface area contributed by atoms with E-state index in [0.29, 0.717) is 25.6 Å². The SMILES string of the molecule is COCC1CCCN(C(=O)NCC(=O)NCC(=O)O)C1. The highest BCUT2D eigenvalue weighted by Crippen LogP contribution is 2.16. The number of piperidine rings is 1. The molecule has 8 heteroatoms. The normalized spacial score (nSPS) is 18.4. The fourth-order valence-electron chi connectivity index (χ4n) is 2.13. The van der Waals surface area contributed by atoms with E-state index in [9.17, 15) is 14.4 Å². The monoisotopic (exact) mass is 287 g/mol. The van der Waals surface area contributed by atoms with Crippen molar-refractivity contribution >= 4 is 17.9 Å². The van der Waals surface area contributed by atoms with Crippen LogP contribution in [0.25, 0.3) is 0 Å². The number of urea groups is 1. The Morgan fingerprint density at radius 2 is 2.05 bits per heavy atom. The average Bonchev–Trinajstić information content (AvgIpc) is 2.43. The highest BCUT2D eigenvalue weighted by Gasteiger charge is 2.23. The second-order valence-electron chi connectivity index (χ2n) is 4.74. The molecule has 0 aromatic rings. The Hall–Kier alpha value is -1.83. The van der Waals surface area contributed by atoms with Crippen molar-refractivity contribution in [1.29, 1.82) is 0 Å². The molecule has 0 bridgehead atoms. The molecule has 0 radical (unpaired) electrons. The topological polar surface area (TPSA) is 108 Å². The standard InChI is InChI=1S/C12H21N3O5/c1-20-8-9-3-2-4-15(7-9)12(19)14-5-10(16)13-6-11(17)18/h9H,2-8H2,1H3,(H,13,16)(H,14,19)(H,17,18). The Labute approximate surface area is 117 Å². The van der Waals surface area contributed by atoms with Crippen LogP contribution in [0.1, 0.15) is 12.8 Å². The van der Waals surface area contributed by atoms with E-state index in [0.717, 1.165) is 12.8 Å². The Balaban J connectivity index is 2.27. The van der Waals surface area contributed by atoms with Crippen LogP contribution in [0.5, 0.6) is 0 Å². The van der Waals surface area contributed by atoms with Crippen LogP contribution >= 0.6 is 0 Å². The van der Waals surface area contributed by atoms with Crippen molar-refractivity contribution in [3.8, 4) is 0 Å². The van der Waals surface area contributed by atoms with Crippen molar-refractivity contribution in [2.45, 2.75) is 12.8 Å². The van der Waals surface area contributed by atoms with Gasteiger partial charge in [0.25, 0.3) is 0 Å². The summed E-state index contributed by atoms with van der Waals surface area (Å²) in [6, 6.07) is -0.309. The van der Waals surface area contributed by atoms with E-state index in [2.05, 4.69) is 10.6 Å². The zero-order valence-electron chi connectivity index (χ0n) is 11.6. The minimum atomic E-state index is -1.12. The second kappa shape index (κ2) is 8.36. The first-order valence-corrected chi connectivity index (χ1v) is 6.53. The summed E-state index contributed by atoms with van der Waals surface area (Å²) in [5, 5.41) is 13.1. The van der Waals surface area contributed by atoms with Crippen molar-refractivity contribution in [3.63, 3.8) is 0 Å². The maximum atomic E-state index is 11.9. The number of ether oxygens (including phenoxy) is 1. The number of rotatable bonds is 6. The maximum Gasteiger partial charge on any atom is 0.322 e. The lowest BCUT2D eigenvalue weighted by atomic mass is 9.99. The maximum absolute atomic E-state index is 11.9. The van der Waals surface area contributed by atoms with E-state index in [-0.39, 0.29) is 12.6 Å². The molecule has 3 amide bonds. The van der Waals surface area contributed by atoms with Crippen LogP contribution in [-0.2, 0) is 14.3 Å². The summed E-state index contributed by atoms with van der Waals surface area (Å²) in [6.45, 7) is 1.20. The van der Waals surface area contributed by atoms with Crippen LogP contribution in [0.15, 0.2) is 0 Å². The van der Waals surface area contributed by atoms with Gasteiger partial charge in [-0.3, -0.25) is 9.59 Å². The summed E-state index contributed by atoms with van der Waals surface area (Å²) in [6.07, 6.45) is 1.93. The Morgan fingerprint density at radius 1 is 1.30 bits per heavy atom. The highest BCUT2D eigenvalue weighted by atomic mass is 16.5. The summed E-state index contributed by atoms with van der Waals surface area (Å²) in [4.78, 5) is 35.1. The Bertz CT molecular complexity index is 359. The van der Waals surface area contributed by atoms with Gasteiger partial charge in [-0.2, -0.15) is 0 Å². The van der Waals surface area contributed by atoms with Crippen LogP contribution in [0.2, 0.25) is 0 Å². The third-order valence-corrected chi connectivity index (χ3v) is 3.05. The van der Waals surface area contributed by atoms with Gasteiger partial charge >= 0.3 is 12.0 Å². The summed E-state index contributed by atoms with van der Waals surface area (Å²) in [5.41, 5.74) is 0. The molecule has 20 heavy (non-hydrogen) atoms. The molecule has 0 saturated carbocycles. The molecule has 8 nitrogen and oxygen atoms in total. The second-order valence-corrected chi connectivity index (χ2v) is 4.74. The van der Waals surface area contributed by atoms with Crippen molar-refractivity contribution in [3.05, 3.63) is 0 Å². The lowest BCUT2D eigenvalue weighted by Crippen LogP contribution is -2.48.